The Labute approximate surface area is 178 Å². The maximum atomic E-state index is 12.5. The minimum Gasteiger partial charge on any atom is -0.351 e. The molecular weight excluding hydrogens is 402 g/mol. The van der Waals surface area contributed by atoms with Crippen molar-refractivity contribution in [2.45, 2.75) is 44.2 Å². The summed E-state index contributed by atoms with van der Waals surface area (Å²) < 4.78 is 0. The van der Waals surface area contributed by atoms with Crippen molar-refractivity contribution in [1.82, 2.24) is 15.6 Å². The number of aromatic nitrogens is 1. The Hall–Kier alpha value is -2.51. The summed E-state index contributed by atoms with van der Waals surface area (Å²) in [5, 5.41) is 8.22. The number of thiophene rings is 1. The van der Waals surface area contributed by atoms with Crippen LogP contribution in [0.5, 0.6) is 0 Å². The number of amides is 2. The molecule has 1 atom stereocenters. The maximum Gasteiger partial charge on any atom is 0.220 e. The zero-order valence-corrected chi connectivity index (χ0v) is 17.7. The van der Waals surface area contributed by atoms with Crippen molar-refractivity contribution in [2.75, 3.05) is 0 Å². The third-order valence-electron chi connectivity index (χ3n) is 5.29. The fourth-order valence-electron chi connectivity index (χ4n) is 3.78. The molecule has 29 heavy (non-hydrogen) atoms. The molecule has 2 aromatic heterocycles. The summed E-state index contributed by atoms with van der Waals surface area (Å²) in [6.07, 6.45) is 3.15. The third-order valence-corrected chi connectivity index (χ3v) is 7.00. The van der Waals surface area contributed by atoms with E-state index in [4.69, 9.17) is 0 Å². The molecule has 0 spiro atoms. The molecule has 2 amide bonds. The molecule has 0 aliphatic carbocycles. The lowest BCUT2D eigenvalue weighted by molar-refractivity contribution is -0.122. The van der Waals surface area contributed by atoms with Crippen LogP contribution in [-0.2, 0) is 22.6 Å². The van der Waals surface area contributed by atoms with Crippen molar-refractivity contribution >= 4 is 34.5 Å². The van der Waals surface area contributed by atoms with Crippen LogP contribution in [0.2, 0.25) is 0 Å². The van der Waals surface area contributed by atoms with Crippen molar-refractivity contribution in [2.24, 2.45) is 0 Å². The molecule has 3 heterocycles. The first kappa shape index (κ1) is 19.8. The van der Waals surface area contributed by atoms with E-state index >= 15 is 0 Å². The van der Waals surface area contributed by atoms with Gasteiger partial charge in [0.15, 0.2) is 0 Å². The minimum atomic E-state index is -0.307. The molecule has 7 heteroatoms. The quantitative estimate of drug-likeness (QED) is 0.569. The van der Waals surface area contributed by atoms with Gasteiger partial charge in [-0.3, -0.25) is 9.59 Å². The SMILES string of the molecule is O=C(CCC1(Cc2cccs2)CCC(=O)N1)NCc1scnc1-c1ccccc1. The summed E-state index contributed by atoms with van der Waals surface area (Å²) >= 11 is 3.25. The van der Waals surface area contributed by atoms with Gasteiger partial charge in [-0.05, 0) is 24.3 Å². The number of benzene rings is 1. The molecule has 1 aliphatic heterocycles. The first-order chi connectivity index (χ1) is 14.1. The topological polar surface area (TPSA) is 71.1 Å². The van der Waals surface area contributed by atoms with Crippen LogP contribution in [0.25, 0.3) is 11.3 Å². The summed E-state index contributed by atoms with van der Waals surface area (Å²) in [7, 11) is 0. The van der Waals surface area contributed by atoms with Crippen LogP contribution in [0.15, 0.2) is 53.4 Å². The van der Waals surface area contributed by atoms with E-state index in [-0.39, 0.29) is 17.4 Å². The predicted molar refractivity (Wildman–Crippen MR) is 117 cm³/mol. The van der Waals surface area contributed by atoms with Crippen LogP contribution < -0.4 is 10.6 Å². The number of nitrogens with one attached hydrogen (secondary N) is 2. The van der Waals surface area contributed by atoms with Crippen LogP contribution in [-0.4, -0.2) is 22.3 Å². The second kappa shape index (κ2) is 8.88. The first-order valence-electron chi connectivity index (χ1n) is 9.71. The van der Waals surface area contributed by atoms with Crippen molar-refractivity contribution in [1.29, 1.82) is 0 Å². The zero-order chi connectivity index (χ0) is 20.1. The molecule has 5 nitrogen and oxygen atoms in total. The Kier molecular flexibility index (Phi) is 6.06. The summed E-state index contributed by atoms with van der Waals surface area (Å²) in [5.41, 5.74) is 3.49. The molecule has 2 N–H and O–H groups in total. The van der Waals surface area contributed by atoms with E-state index in [9.17, 15) is 9.59 Å². The third kappa shape index (κ3) is 4.92. The number of rotatable bonds is 8. The lowest BCUT2D eigenvalue weighted by atomic mass is 9.87. The monoisotopic (exact) mass is 425 g/mol. The Morgan fingerprint density at radius 3 is 2.76 bits per heavy atom. The van der Waals surface area contributed by atoms with E-state index < -0.39 is 0 Å². The van der Waals surface area contributed by atoms with E-state index in [1.165, 1.54) is 4.88 Å². The largest absolute Gasteiger partial charge is 0.351 e. The average Bonchev–Trinajstić information content (AvgIpc) is 3.48. The number of hydrogen-bond acceptors (Lipinski definition) is 5. The van der Waals surface area contributed by atoms with Gasteiger partial charge in [0.1, 0.15) is 0 Å². The number of thiazole rings is 1. The lowest BCUT2D eigenvalue weighted by Crippen LogP contribution is -2.44. The Balaban J connectivity index is 1.34. The number of hydrogen-bond donors (Lipinski definition) is 2. The van der Waals surface area contributed by atoms with Crippen molar-refractivity contribution in [3.63, 3.8) is 0 Å². The highest BCUT2D eigenvalue weighted by molar-refractivity contribution is 7.10. The molecule has 150 valence electrons. The molecule has 4 rings (SSSR count). The second-order valence-corrected chi connectivity index (χ2v) is 9.32. The summed E-state index contributed by atoms with van der Waals surface area (Å²) in [6, 6.07) is 14.1. The molecular formula is C22H23N3O2S2. The molecule has 1 aromatic carbocycles. The standard InChI is InChI=1S/C22H23N3O2S2/c26-19(23-14-18-21(24-15-29-18)16-5-2-1-3-6-16)8-10-22(11-9-20(27)25-22)13-17-7-4-12-28-17/h1-7,12,15H,8-11,13-14H2,(H,23,26)(H,25,27). The molecule has 1 fully saturated rings. The maximum absolute atomic E-state index is 12.5. The van der Waals surface area contributed by atoms with Gasteiger partial charge in [0, 0.05) is 35.2 Å². The van der Waals surface area contributed by atoms with Gasteiger partial charge < -0.3 is 10.6 Å². The van der Waals surface area contributed by atoms with Crippen LogP contribution in [0, 0.1) is 0 Å². The average molecular weight is 426 g/mol. The smallest absolute Gasteiger partial charge is 0.220 e. The van der Waals surface area contributed by atoms with Gasteiger partial charge in [0.05, 0.1) is 22.6 Å². The zero-order valence-electron chi connectivity index (χ0n) is 16.0. The van der Waals surface area contributed by atoms with Gasteiger partial charge in [0.2, 0.25) is 11.8 Å². The van der Waals surface area contributed by atoms with Crippen molar-refractivity contribution < 1.29 is 9.59 Å². The Bertz CT molecular complexity index is 969. The molecule has 0 saturated carbocycles. The van der Waals surface area contributed by atoms with Gasteiger partial charge in [-0.25, -0.2) is 4.98 Å². The van der Waals surface area contributed by atoms with E-state index in [0.717, 1.165) is 29.0 Å². The van der Waals surface area contributed by atoms with E-state index in [1.54, 1.807) is 22.7 Å². The highest BCUT2D eigenvalue weighted by Gasteiger charge is 2.38. The van der Waals surface area contributed by atoms with Gasteiger partial charge >= 0.3 is 0 Å². The molecule has 1 aliphatic rings. The number of nitrogens with zero attached hydrogens (tertiary/aromatic N) is 1. The van der Waals surface area contributed by atoms with Crippen LogP contribution in [0.4, 0.5) is 0 Å². The van der Waals surface area contributed by atoms with Crippen molar-refractivity contribution in [3.8, 4) is 11.3 Å². The Morgan fingerprint density at radius 2 is 2.03 bits per heavy atom. The molecule has 0 radical (unpaired) electrons. The molecule has 3 aromatic rings. The van der Waals surface area contributed by atoms with E-state index in [2.05, 4.69) is 21.7 Å². The van der Waals surface area contributed by atoms with Gasteiger partial charge in [-0.1, -0.05) is 36.4 Å². The normalized spacial score (nSPS) is 18.6. The predicted octanol–water partition coefficient (Wildman–Crippen LogP) is 4.16. The highest BCUT2D eigenvalue weighted by Crippen LogP contribution is 2.31. The molecule has 1 saturated heterocycles. The van der Waals surface area contributed by atoms with Gasteiger partial charge in [-0.2, -0.15) is 0 Å². The fraction of sp³-hybridized carbons (Fsp3) is 0.318. The fourth-order valence-corrected chi connectivity index (χ4v) is 5.35. The number of carbonyl (C=O) groups is 2. The van der Waals surface area contributed by atoms with Gasteiger partial charge in [-0.15, -0.1) is 22.7 Å². The second-order valence-electron chi connectivity index (χ2n) is 7.35. The van der Waals surface area contributed by atoms with Crippen LogP contribution >= 0.6 is 22.7 Å². The Morgan fingerprint density at radius 1 is 1.17 bits per heavy atom. The van der Waals surface area contributed by atoms with E-state index in [0.29, 0.717) is 25.8 Å². The molecule has 1 unspecified atom stereocenters. The van der Waals surface area contributed by atoms with Crippen LogP contribution in [0.1, 0.15) is 35.4 Å². The van der Waals surface area contributed by atoms with Gasteiger partial charge in [0.25, 0.3) is 0 Å². The first-order valence-corrected chi connectivity index (χ1v) is 11.5. The summed E-state index contributed by atoms with van der Waals surface area (Å²) in [4.78, 5) is 31.1. The van der Waals surface area contributed by atoms with E-state index in [1.807, 2.05) is 47.3 Å². The lowest BCUT2D eigenvalue weighted by Gasteiger charge is -2.28. The molecule has 0 bridgehead atoms. The van der Waals surface area contributed by atoms with Crippen molar-refractivity contribution in [3.05, 3.63) is 63.1 Å². The minimum absolute atomic E-state index is 0.00381. The summed E-state index contributed by atoms with van der Waals surface area (Å²) in [5.74, 6) is 0.0863. The number of carbonyl (C=O) groups excluding carboxylic acids is 2. The summed E-state index contributed by atoms with van der Waals surface area (Å²) in [6.45, 7) is 0.470. The highest BCUT2D eigenvalue weighted by atomic mass is 32.1. The van der Waals surface area contributed by atoms with Crippen LogP contribution in [0.3, 0.4) is 0 Å².